The van der Waals surface area contributed by atoms with Crippen molar-refractivity contribution in [2.45, 2.75) is 12.2 Å². The van der Waals surface area contributed by atoms with E-state index < -0.39 is 11.6 Å². The van der Waals surface area contributed by atoms with Crippen molar-refractivity contribution < 1.29 is 13.6 Å². The normalized spacial score (nSPS) is 10.5. The maximum Gasteiger partial charge on any atom is 0.225 e. The first-order chi connectivity index (χ1) is 10.6. The molecular formula is C16H14ClF2NOS. The number of carbonyl (C=O) groups excluding carboxylic acids is 1. The summed E-state index contributed by atoms with van der Waals surface area (Å²) >= 11 is 7.21. The molecule has 0 spiro atoms. The van der Waals surface area contributed by atoms with Gasteiger partial charge in [0.2, 0.25) is 5.91 Å². The zero-order valence-corrected chi connectivity index (χ0v) is 13.2. The number of hydrogen-bond acceptors (Lipinski definition) is 2. The van der Waals surface area contributed by atoms with Crippen LogP contribution in [0.5, 0.6) is 0 Å². The standard InChI is InChI=1S/C16H14ClF2NOS/c17-12-4-2-5-13(9-12)20-15(21)7-8-22-10-11-3-1-6-14(18)16(11)19/h1-6,9H,7-8,10H2,(H,20,21). The van der Waals surface area contributed by atoms with Crippen molar-refractivity contribution in [2.24, 2.45) is 0 Å². The van der Waals surface area contributed by atoms with Crippen molar-refractivity contribution in [3.05, 3.63) is 64.7 Å². The molecule has 0 aromatic heterocycles. The van der Waals surface area contributed by atoms with Crippen molar-refractivity contribution in [1.29, 1.82) is 0 Å². The summed E-state index contributed by atoms with van der Waals surface area (Å²) in [5, 5.41) is 3.28. The number of rotatable bonds is 6. The summed E-state index contributed by atoms with van der Waals surface area (Å²) in [5.41, 5.74) is 0.943. The predicted molar refractivity (Wildman–Crippen MR) is 87.2 cm³/mol. The molecule has 0 unspecified atom stereocenters. The van der Waals surface area contributed by atoms with Gasteiger partial charge in [0.05, 0.1) is 0 Å². The van der Waals surface area contributed by atoms with Crippen LogP contribution in [0.4, 0.5) is 14.5 Å². The SMILES string of the molecule is O=C(CCSCc1cccc(F)c1F)Nc1cccc(Cl)c1. The Balaban J connectivity index is 1.74. The Morgan fingerprint density at radius 3 is 2.73 bits per heavy atom. The summed E-state index contributed by atoms with van der Waals surface area (Å²) in [6.45, 7) is 0. The number of anilines is 1. The van der Waals surface area contributed by atoms with Gasteiger partial charge in [-0.15, -0.1) is 0 Å². The lowest BCUT2D eigenvalue weighted by Crippen LogP contribution is -2.12. The summed E-state index contributed by atoms with van der Waals surface area (Å²) < 4.78 is 26.5. The highest BCUT2D eigenvalue weighted by Gasteiger charge is 2.08. The lowest BCUT2D eigenvalue weighted by atomic mass is 10.2. The Kier molecular flexibility index (Phi) is 6.21. The van der Waals surface area contributed by atoms with E-state index in [1.165, 1.54) is 23.9 Å². The van der Waals surface area contributed by atoms with E-state index in [4.69, 9.17) is 11.6 Å². The van der Waals surface area contributed by atoms with E-state index in [2.05, 4.69) is 5.32 Å². The molecule has 0 saturated carbocycles. The van der Waals surface area contributed by atoms with Crippen LogP contribution in [-0.4, -0.2) is 11.7 Å². The minimum Gasteiger partial charge on any atom is -0.326 e. The van der Waals surface area contributed by atoms with E-state index in [1.54, 1.807) is 24.3 Å². The van der Waals surface area contributed by atoms with Crippen molar-refractivity contribution in [1.82, 2.24) is 0 Å². The molecule has 0 aliphatic rings. The molecule has 116 valence electrons. The Bertz CT molecular complexity index is 666. The lowest BCUT2D eigenvalue weighted by Gasteiger charge is -2.06. The molecule has 2 aromatic rings. The fraction of sp³-hybridized carbons (Fsp3) is 0.188. The fourth-order valence-corrected chi connectivity index (χ4v) is 2.90. The highest BCUT2D eigenvalue weighted by Crippen LogP contribution is 2.19. The largest absolute Gasteiger partial charge is 0.326 e. The zero-order valence-electron chi connectivity index (χ0n) is 11.6. The average molecular weight is 342 g/mol. The van der Waals surface area contributed by atoms with Crippen LogP contribution >= 0.6 is 23.4 Å². The van der Waals surface area contributed by atoms with Crippen LogP contribution in [0, 0.1) is 11.6 Å². The number of carbonyl (C=O) groups is 1. The van der Waals surface area contributed by atoms with Crippen molar-refractivity contribution in [2.75, 3.05) is 11.1 Å². The van der Waals surface area contributed by atoms with Gasteiger partial charge < -0.3 is 5.32 Å². The Morgan fingerprint density at radius 1 is 1.18 bits per heavy atom. The third-order valence-corrected chi connectivity index (χ3v) is 4.11. The van der Waals surface area contributed by atoms with Gasteiger partial charge in [-0.25, -0.2) is 8.78 Å². The number of benzene rings is 2. The second-order valence-corrected chi connectivity index (χ2v) is 6.12. The van der Waals surface area contributed by atoms with Crippen molar-refractivity contribution in [3.8, 4) is 0 Å². The monoisotopic (exact) mass is 341 g/mol. The van der Waals surface area contributed by atoms with E-state index in [-0.39, 0.29) is 12.3 Å². The Labute approximate surface area is 136 Å². The third kappa shape index (κ3) is 5.00. The van der Waals surface area contributed by atoms with Gasteiger partial charge in [-0.05, 0) is 24.3 Å². The molecule has 0 radical (unpaired) electrons. The molecule has 0 heterocycles. The van der Waals surface area contributed by atoms with Crippen molar-refractivity contribution >= 4 is 35.0 Å². The van der Waals surface area contributed by atoms with Crippen LogP contribution < -0.4 is 5.32 Å². The van der Waals surface area contributed by atoms with E-state index in [0.29, 0.717) is 27.8 Å². The molecule has 2 nitrogen and oxygen atoms in total. The van der Waals surface area contributed by atoms with Crippen LogP contribution in [0.3, 0.4) is 0 Å². The Hall–Kier alpha value is -1.59. The lowest BCUT2D eigenvalue weighted by molar-refractivity contribution is -0.115. The molecular weight excluding hydrogens is 328 g/mol. The third-order valence-electron chi connectivity index (χ3n) is 2.87. The fourth-order valence-electron chi connectivity index (χ4n) is 1.80. The number of halogens is 3. The van der Waals surface area contributed by atoms with E-state index in [9.17, 15) is 13.6 Å². The Morgan fingerprint density at radius 2 is 1.95 bits per heavy atom. The highest BCUT2D eigenvalue weighted by atomic mass is 35.5. The van der Waals surface area contributed by atoms with Crippen molar-refractivity contribution in [3.63, 3.8) is 0 Å². The number of amides is 1. The van der Waals surface area contributed by atoms with Gasteiger partial charge >= 0.3 is 0 Å². The quantitative estimate of drug-likeness (QED) is 0.759. The van der Waals surface area contributed by atoms with Crippen LogP contribution in [0.1, 0.15) is 12.0 Å². The van der Waals surface area contributed by atoms with E-state index in [0.717, 1.165) is 6.07 Å². The van der Waals surface area contributed by atoms with Crippen LogP contribution in [0.25, 0.3) is 0 Å². The molecule has 0 fully saturated rings. The summed E-state index contributed by atoms with van der Waals surface area (Å²) in [6, 6.07) is 11.0. The molecule has 2 aromatic carbocycles. The first-order valence-corrected chi connectivity index (χ1v) is 8.15. The van der Waals surface area contributed by atoms with Gasteiger partial charge in [0.15, 0.2) is 11.6 Å². The van der Waals surface area contributed by atoms with Gasteiger partial charge in [-0.3, -0.25) is 4.79 Å². The number of nitrogens with one attached hydrogen (secondary N) is 1. The van der Waals surface area contributed by atoms with Crippen LogP contribution in [0.15, 0.2) is 42.5 Å². The summed E-state index contributed by atoms with van der Waals surface area (Å²) in [4.78, 5) is 11.8. The molecule has 0 atom stereocenters. The highest BCUT2D eigenvalue weighted by molar-refractivity contribution is 7.98. The molecule has 0 aliphatic carbocycles. The van der Waals surface area contributed by atoms with E-state index >= 15 is 0 Å². The minimum absolute atomic E-state index is 0.144. The zero-order chi connectivity index (χ0) is 15.9. The maximum absolute atomic E-state index is 13.4. The van der Waals surface area contributed by atoms with Gasteiger partial charge in [-0.2, -0.15) is 11.8 Å². The molecule has 0 bridgehead atoms. The van der Waals surface area contributed by atoms with Gasteiger partial charge in [0.25, 0.3) is 0 Å². The number of hydrogen-bond donors (Lipinski definition) is 1. The van der Waals surface area contributed by atoms with Crippen LogP contribution in [-0.2, 0) is 10.5 Å². The predicted octanol–water partition coefficient (Wildman–Crippen LogP) is 4.88. The number of thioether (sulfide) groups is 1. The average Bonchev–Trinajstić information content (AvgIpc) is 2.48. The first kappa shape index (κ1) is 16.8. The van der Waals surface area contributed by atoms with E-state index in [1.807, 2.05) is 0 Å². The second-order valence-electron chi connectivity index (χ2n) is 4.57. The molecule has 6 heteroatoms. The second kappa shape index (κ2) is 8.15. The molecule has 1 N–H and O–H groups in total. The summed E-state index contributed by atoms with van der Waals surface area (Å²) in [5.74, 6) is -0.971. The molecule has 0 aliphatic heterocycles. The van der Waals surface area contributed by atoms with Gasteiger partial charge in [0, 0.05) is 34.2 Å². The topological polar surface area (TPSA) is 29.1 Å². The molecule has 2 rings (SSSR count). The smallest absolute Gasteiger partial charge is 0.225 e. The first-order valence-electron chi connectivity index (χ1n) is 6.62. The van der Waals surface area contributed by atoms with Gasteiger partial charge in [-0.1, -0.05) is 29.8 Å². The summed E-state index contributed by atoms with van der Waals surface area (Å²) in [6.07, 6.45) is 0.286. The van der Waals surface area contributed by atoms with Crippen LogP contribution in [0.2, 0.25) is 5.02 Å². The van der Waals surface area contributed by atoms with Gasteiger partial charge in [0.1, 0.15) is 0 Å². The summed E-state index contributed by atoms with van der Waals surface area (Å²) in [7, 11) is 0. The molecule has 22 heavy (non-hydrogen) atoms. The molecule has 1 amide bonds. The molecule has 0 saturated heterocycles. The maximum atomic E-state index is 13.4. The minimum atomic E-state index is -0.850.